The molecular weight excluding hydrogens is 320 g/mol. The van der Waals surface area contributed by atoms with E-state index in [0.717, 1.165) is 46.2 Å². The largest absolute Gasteiger partial charge is 0.497 e. The van der Waals surface area contributed by atoms with E-state index >= 15 is 0 Å². The van der Waals surface area contributed by atoms with E-state index in [4.69, 9.17) is 9.72 Å². The summed E-state index contributed by atoms with van der Waals surface area (Å²) in [6, 6.07) is 7.61. The first-order valence-corrected chi connectivity index (χ1v) is 9.78. The van der Waals surface area contributed by atoms with Crippen LogP contribution in [-0.2, 0) is 16.4 Å². The first kappa shape index (κ1) is 15.5. The van der Waals surface area contributed by atoms with E-state index in [1.54, 1.807) is 18.4 Å². The average molecular weight is 338 g/mol. The summed E-state index contributed by atoms with van der Waals surface area (Å²) in [5.41, 5.74) is 2.04. The summed E-state index contributed by atoms with van der Waals surface area (Å²) in [5.74, 6) is 0.807. The molecule has 2 aromatic rings. The van der Waals surface area contributed by atoms with Gasteiger partial charge in [-0.1, -0.05) is 0 Å². The fraction of sp³-hybridized carbons (Fsp3) is 0.400. The first-order chi connectivity index (χ1) is 10.5. The van der Waals surface area contributed by atoms with E-state index in [1.165, 1.54) is 6.26 Å². The highest BCUT2D eigenvalue weighted by molar-refractivity contribution is 7.88. The van der Waals surface area contributed by atoms with Crippen LogP contribution in [0.25, 0.3) is 10.6 Å². The van der Waals surface area contributed by atoms with Crippen LogP contribution in [0.15, 0.2) is 24.3 Å². The third-order valence-electron chi connectivity index (χ3n) is 3.64. The Balaban J connectivity index is 1.93. The molecule has 5 nitrogen and oxygen atoms in total. The minimum atomic E-state index is -3.22. The average Bonchev–Trinajstić information content (AvgIpc) is 2.91. The second-order valence-electron chi connectivity index (χ2n) is 5.39. The van der Waals surface area contributed by atoms with Gasteiger partial charge in [0.05, 0.1) is 25.1 Å². The number of fused-ring (bicyclic) bond motifs is 1. The van der Waals surface area contributed by atoms with Gasteiger partial charge in [-0.25, -0.2) is 18.1 Å². The number of hydrogen-bond acceptors (Lipinski definition) is 5. The number of thiazole rings is 1. The van der Waals surface area contributed by atoms with Crippen molar-refractivity contribution in [2.24, 2.45) is 0 Å². The molecule has 3 rings (SSSR count). The molecule has 1 aromatic carbocycles. The van der Waals surface area contributed by atoms with Gasteiger partial charge < -0.3 is 4.74 Å². The van der Waals surface area contributed by atoms with Gasteiger partial charge >= 0.3 is 0 Å². The van der Waals surface area contributed by atoms with Crippen LogP contribution in [0.3, 0.4) is 0 Å². The molecule has 118 valence electrons. The maximum Gasteiger partial charge on any atom is 0.209 e. The van der Waals surface area contributed by atoms with Gasteiger partial charge in [0.2, 0.25) is 10.0 Å². The lowest BCUT2D eigenvalue weighted by Crippen LogP contribution is -2.29. The molecule has 0 bridgehead atoms. The zero-order valence-corrected chi connectivity index (χ0v) is 14.1. The zero-order chi connectivity index (χ0) is 15.7. The van der Waals surface area contributed by atoms with Gasteiger partial charge in [0.15, 0.2) is 0 Å². The Kier molecular flexibility index (Phi) is 4.20. The molecule has 0 saturated heterocycles. The van der Waals surface area contributed by atoms with Crippen molar-refractivity contribution >= 4 is 21.4 Å². The number of rotatable bonds is 4. The van der Waals surface area contributed by atoms with E-state index in [-0.39, 0.29) is 6.04 Å². The number of hydrogen-bond donors (Lipinski definition) is 1. The van der Waals surface area contributed by atoms with Crippen molar-refractivity contribution < 1.29 is 13.2 Å². The molecule has 0 radical (unpaired) electrons. The van der Waals surface area contributed by atoms with Gasteiger partial charge in [0, 0.05) is 10.4 Å². The Hall–Kier alpha value is -1.44. The van der Waals surface area contributed by atoms with Crippen molar-refractivity contribution in [1.82, 2.24) is 9.71 Å². The Morgan fingerprint density at radius 1 is 1.32 bits per heavy atom. The molecule has 0 amide bonds. The Morgan fingerprint density at radius 3 is 2.68 bits per heavy atom. The third kappa shape index (κ3) is 3.31. The molecule has 1 aliphatic carbocycles. The van der Waals surface area contributed by atoms with Crippen LogP contribution in [0.2, 0.25) is 0 Å². The highest BCUT2D eigenvalue weighted by Crippen LogP contribution is 2.38. The predicted octanol–water partition coefficient (Wildman–Crippen LogP) is 2.75. The second-order valence-corrected chi connectivity index (χ2v) is 8.20. The summed E-state index contributed by atoms with van der Waals surface area (Å²) in [5, 5.41) is 0.926. The molecule has 0 fully saturated rings. The number of aromatic nitrogens is 1. The second kappa shape index (κ2) is 5.98. The van der Waals surface area contributed by atoms with E-state index < -0.39 is 10.0 Å². The van der Waals surface area contributed by atoms with Crippen molar-refractivity contribution in [2.45, 2.75) is 25.3 Å². The summed E-state index contributed by atoms with van der Waals surface area (Å²) >= 11 is 1.57. The number of sulfonamides is 1. The Bertz CT molecular complexity index is 767. The molecule has 0 spiro atoms. The molecular formula is C15H18N2O3S2. The molecule has 22 heavy (non-hydrogen) atoms. The van der Waals surface area contributed by atoms with Crippen molar-refractivity contribution in [3.63, 3.8) is 0 Å². The standard InChI is InChI=1S/C15H18N2O3S2/c1-20-11-8-6-10(7-9-11)15-16-12-4-3-5-13(14(12)21-15)17-22(2,18)19/h6-9,13,17H,3-5H2,1-2H3. The van der Waals surface area contributed by atoms with Crippen LogP contribution in [-0.4, -0.2) is 26.8 Å². The van der Waals surface area contributed by atoms with Crippen molar-refractivity contribution in [3.05, 3.63) is 34.8 Å². The molecule has 1 unspecified atom stereocenters. The normalized spacial score (nSPS) is 18.0. The summed E-state index contributed by atoms with van der Waals surface area (Å²) in [4.78, 5) is 5.74. The highest BCUT2D eigenvalue weighted by atomic mass is 32.2. The van der Waals surface area contributed by atoms with Crippen molar-refractivity contribution in [2.75, 3.05) is 13.4 Å². The van der Waals surface area contributed by atoms with Crippen molar-refractivity contribution in [1.29, 1.82) is 0 Å². The monoisotopic (exact) mass is 338 g/mol. The highest BCUT2D eigenvalue weighted by Gasteiger charge is 2.27. The quantitative estimate of drug-likeness (QED) is 0.931. The van der Waals surface area contributed by atoms with Gasteiger partial charge in [-0.2, -0.15) is 0 Å². The third-order valence-corrected chi connectivity index (χ3v) is 5.62. The Morgan fingerprint density at radius 2 is 2.05 bits per heavy atom. The van der Waals surface area contributed by atoms with Crippen LogP contribution in [0.4, 0.5) is 0 Å². The molecule has 0 aliphatic heterocycles. The number of benzene rings is 1. The number of nitrogens with zero attached hydrogens (tertiary/aromatic N) is 1. The lowest BCUT2D eigenvalue weighted by atomic mass is 9.99. The summed E-state index contributed by atoms with van der Waals surface area (Å²) in [6.45, 7) is 0. The number of ether oxygens (including phenoxy) is 1. The van der Waals surface area contributed by atoms with E-state index in [9.17, 15) is 8.42 Å². The molecule has 1 N–H and O–H groups in total. The Labute approximate surface area is 134 Å². The van der Waals surface area contributed by atoms with Gasteiger partial charge in [-0.3, -0.25) is 0 Å². The molecule has 1 aromatic heterocycles. The molecule has 1 heterocycles. The minimum Gasteiger partial charge on any atom is -0.497 e. The summed E-state index contributed by atoms with van der Waals surface area (Å²) < 4.78 is 30.9. The fourth-order valence-corrected chi connectivity index (χ4v) is 4.68. The topological polar surface area (TPSA) is 68.3 Å². The minimum absolute atomic E-state index is 0.150. The molecule has 1 aliphatic rings. The number of aryl methyl sites for hydroxylation is 1. The maximum atomic E-state index is 11.5. The number of nitrogens with one attached hydrogen (secondary N) is 1. The molecule has 1 atom stereocenters. The van der Waals surface area contributed by atoms with Gasteiger partial charge in [-0.15, -0.1) is 11.3 Å². The van der Waals surface area contributed by atoms with Crippen LogP contribution in [0, 0.1) is 0 Å². The first-order valence-electron chi connectivity index (χ1n) is 7.07. The van der Waals surface area contributed by atoms with Gasteiger partial charge in [-0.05, 0) is 43.5 Å². The van der Waals surface area contributed by atoms with E-state index in [2.05, 4.69) is 4.72 Å². The lowest BCUT2D eigenvalue weighted by molar-refractivity contribution is 0.415. The summed E-state index contributed by atoms with van der Waals surface area (Å²) in [6.07, 6.45) is 3.88. The smallest absolute Gasteiger partial charge is 0.209 e. The van der Waals surface area contributed by atoms with Crippen LogP contribution >= 0.6 is 11.3 Å². The van der Waals surface area contributed by atoms with E-state index in [0.29, 0.717) is 0 Å². The SMILES string of the molecule is COc1ccc(-c2nc3c(s2)C(NS(C)(=O)=O)CCC3)cc1. The number of methoxy groups -OCH3 is 1. The fourth-order valence-electron chi connectivity index (χ4n) is 2.65. The van der Waals surface area contributed by atoms with E-state index in [1.807, 2.05) is 24.3 Å². The van der Waals surface area contributed by atoms with Crippen LogP contribution in [0.1, 0.15) is 29.5 Å². The van der Waals surface area contributed by atoms with Gasteiger partial charge in [0.1, 0.15) is 10.8 Å². The van der Waals surface area contributed by atoms with Crippen LogP contribution < -0.4 is 9.46 Å². The molecule has 0 saturated carbocycles. The van der Waals surface area contributed by atoms with Gasteiger partial charge in [0.25, 0.3) is 0 Å². The zero-order valence-electron chi connectivity index (χ0n) is 12.5. The summed E-state index contributed by atoms with van der Waals surface area (Å²) in [7, 11) is -1.58. The lowest BCUT2D eigenvalue weighted by Gasteiger charge is -2.21. The van der Waals surface area contributed by atoms with Crippen LogP contribution in [0.5, 0.6) is 5.75 Å². The maximum absolute atomic E-state index is 11.5. The van der Waals surface area contributed by atoms with Crippen molar-refractivity contribution in [3.8, 4) is 16.3 Å². The molecule has 7 heteroatoms. The predicted molar refractivity (Wildman–Crippen MR) is 87.8 cm³/mol.